The molecule has 1 atom stereocenters. The highest BCUT2D eigenvalue weighted by Crippen LogP contribution is 2.51. The lowest BCUT2D eigenvalue weighted by Crippen LogP contribution is -2.46. The molecule has 118 valence electrons. The highest BCUT2D eigenvalue weighted by atomic mass is 19.1. The first-order valence-electron chi connectivity index (χ1n) is 7.53. The summed E-state index contributed by atoms with van der Waals surface area (Å²) in [4.78, 5) is 27.0. The number of anilines is 2. The summed E-state index contributed by atoms with van der Waals surface area (Å²) in [6.07, 6.45) is 2.26. The SMILES string of the molecule is CCCN1C(=O)[C@]2(CC(=O)Nc3[nH]ncc32)c2cc(F)ccc21. The zero-order chi connectivity index (χ0) is 16.2. The summed E-state index contributed by atoms with van der Waals surface area (Å²) < 4.78 is 13.9. The van der Waals surface area contributed by atoms with Crippen molar-refractivity contribution < 1.29 is 14.0 Å². The third-order valence-corrected chi connectivity index (χ3v) is 4.56. The largest absolute Gasteiger partial charge is 0.311 e. The van der Waals surface area contributed by atoms with E-state index in [1.54, 1.807) is 11.0 Å². The fourth-order valence-corrected chi connectivity index (χ4v) is 3.64. The molecule has 2 aliphatic rings. The molecular formula is C16H15FN4O2. The summed E-state index contributed by atoms with van der Waals surface area (Å²) in [5.41, 5.74) is 0.596. The second-order valence-electron chi connectivity index (χ2n) is 5.91. The van der Waals surface area contributed by atoms with Gasteiger partial charge in [0.15, 0.2) is 0 Å². The lowest BCUT2D eigenvalue weighted by molar-refractivity contribution is -0.126. The number of fused-ring (bicyclic) bond motifs is 4. The van der Waals surface area contributed by atoms with Gasteiger partial charge in [-0.2, -0.15) is 5.10 Å². The van der Waals surface area contributed by atoms with Gasteiger partial charge in [0.25, 0.3) is 0 Å². The third kappa shape index (κ3) is 1.70. The molecule has 1 aromatic heterocycles. The van der Waals surface area contributed by atoms with E-state index in [9.17, 15) is 14.0 Å². The molecular weight excluding hydrogens is 299 g/mol. The lowest BCUT2D eigenvalue weighted by atomic mass is 9.72. The highest BCUT2D eigenvalue weighted by Gasteiger charge is 2.56. The van der Waals surface area contributed by atoms with Gasteiger partial charge in [0.05, 0.1) is 6.20 Å². The molecule has 2 aromatic rings. The van der Waals surface area contributed by atoms with E-state index in [4.69, 9.17) is 0 Å². The average molecular weight is 314 g/mol. The molecule has 1 spiro atoms. The Morgan fingerprint density at radius 1 is 1.35 bits per heavy atom. The molecule has 0 aliphatic carbocycles. The van der Waals surface area contributed by atoms with Crippen LogP contribution < -0.4 is 10.2 Å². The zero-order valence-electron chi connectivity index (χ0n) is 12.5. The number of aromatic amines is 1. The van der Waals surface area contributed by atoms with E-state index in [0.717, 1.165) is 6.42 Å². The van der Waals surface area contributed by atoms with Gasteiger partial charge in [0.1, 0.15) is 17.1 Å². The Bertz CT molecular complexity index is 831. The van der Waals surface area contributed by atoms with E-state index < -0.39 is 11.2 Å². The van der Waals surface area contributed by atoms with Gasteiger partial charge in [0.2, 0.25) is 11.8 Å². The standard InChI is InChI=1S/C16H15FN4O2/c1-2-5-21-12-4-3-9(17)6-10(12)16(15(21)23)7-13(22)19-14-11(16)8-18-20-14/h3-4,6,8H,2,5,7H2,1H3,(H2,18,19,20,22)/t16-/m1/s1. The van der Waals surface area contributed by atoms with Crippen LogP contribution in [-0.4, -0.2) is 28.6 Å². The van der Waals surface area contributed by atoms with Gasteiger partial charge in [0, 0.05) is 24.2 Å². The number of hydrogen-bond acceptors (Lipinski definition) is 3. The Labute approximate surface area is 131 Å². The summed E-state index contributed by atoms with van der Waals surface area (Å²) >= 11 is 0. The van der Waals surface area contributed by atoms with Crippen LogP contribution >= 0.6 is 0 Å². The van der Waals surface area contributed by atoms with Crippen molar-refractivity contribution in [1.82, 2.24) is 10.2 Å². The molecule has 23 heavy (non-hydrogen) atoms. The summed E-state index contributed by atoms with van der Waals surface area (Å²) in [5, 5.41) is 9.34. The number of hydrogen-bond donors (Lipinski definition) is 2. The van der Waals surface area contributed by atoms with Crippen LogP contribution in [0.1, 0.15) is 30.9 Å². The number of carbonyl (C=O) groups excluding carboxylic acids is 2. The second kappa shape index (κ2) is 4.65. The van der Waals surface area contributed by atoms with Crippen molar-refractivity contribution in [2.24, 2.45) is 0 Å². The Kier molecular flexibility index (Phi) is 2.81. The molecule has 2 aliphatic heterocycles. The van der Waals surface area contributed by atoms with E-state index in [1.807, 2.05) is 6.92 Å². The summed E-state index contributed by atoms with van der Waals surface area (Å²) in [6.45, 7) is 2.49. The van der Waals surface area contributed by atoms with Gasteiger partial charge in [-0.25, -0.2) is 4.39 Å². The summed E-state index contributed by atoms with van der Waals surface area (Å²) in [6, 6.07) is 4.31. The minimum atomic E-state index is -1.20. The maximum Gasteiger partial charge on any atom is 0.242 e. The van der Waals surface area contributed by atoms with Crippen LogP contribution in [0.15, 0.2) is 24.4 Å². The molecule has 0 bridgehead atoms. The first-order valence-corrected chi connectivity index (χ1v) is 7.53. The maximum absolute atomic E-state index is 13.9. The molecule has 7 heteroatoms. The fraction of sp³-hybridized carbons (Fsp3) is 0.312. The number of carbonyl (C=O) groups is 2. The number of benzene rings is 1. The number of rotatable bonds is 2. The quantitative estimate of drug-likeness (QED) is 0.889. The maximum atomic E-state index is 13.9. The van der Waals surface area contributed by atoms with Gasteiger partial charge in [-0.1, -0.05) is 6.92 Å². The molecule has 0 fully saturated rings. The van der Waals surface area contributed by atoms with Crippen LogP contribution in [0.2, 0.25) is 0 Å². The Morgan fingerprint density at radius 3 is 2.96 bits per heavy atom. The normalized spacial score (nSPS) is 22.3. The molecule has 0 saturated heterocycles. The van der Waals surface area contributed by atoms with E-state index in [1.165, 1.54) is 18.3 Å². The minimum absolute atomic E-state index is 0.0466. The van der Waals surface area contributed by atoms with E-state index >= 15 is 0 Å². The molecule has 0 saturated carbocycles. The zero-order valence-corrected chi connectivity index (χ0v) is 12.5. The fourth-order valence-electron chi connectivity index (χ4n) is 3.64. The molecule has 6 nitrogen and oxygen atoms in total. The van der Waals surface area contributed by atoms with Gasteiger partial charge in [-0.15, -0.1) is 0 Å². The van der Waals surface area contributed by atoms with Gasteiger partial charge < -0.3 is 10.2 Å². The van der Waals surface area contributed by atoms with Crippen LogP contribution in [0.3, 0.4) is 0 Å². The van der Waals surface area contributed by atoms with Crippen LogP contribution in [-0.2, 0) is 15.0 Å². The molecule has 0 radical (unpaired) electrons. The number of nitrogens with zero attached hydrogens (tertiary/aromatic N) is 2. The van der Waals surface area contributed by atoms with Gasteiger partial charge >= 0.3 is 0 Å². The highest BCUT2D eigenvalue weighted by molar-refractivity contribution is 6.15. The first-order chi connectivity index (χ1) is 11.1. The second-order valence-corrected chi connectivity index (χ2v) is 5.91. The van der Waals surface area contributed by atoms with Crippen LogP contribution in [0.4, 0.5) is 15.9 Å². The average Bonchev–Trinajstić information content (AvgIpc) is 3.06. The van der Waals surface area contributed by atoms with E-state index in [2.05, 4.69) is 15.5 Å². The number of aromatic nitrogens is 2. The number of amides is 2. The molecule has 3 heterocycles. The van der Waals surface area contributed by atoms with Crippen LogP contribution in [0.5, 0.6) is 0 Å². The predicted molar refractivity (Wildman–Crippen MR) is 81.7 cm³/mol. The first kappa shape index (κ1) is 13.9. The van der Waals surface area contributed by atoms with Gasteiger partial charge in [-0.3, -0.25) is 14.7 Å². The Balaban J connectivity index is 2.02. The molecule has 4 rings (SSSR count). The number of nitrogens with one attached hydrogen (secondary N) is 2. The van der Waals surface area contributed by atoms with Crippen molar-refractivity contribution >= 4 is 23.3 Å². The van der Waals surface area contributed by atoms with Crippen LogP contribution in [0.25, 0.3) is 0 Å². The predicted octanol–water partition coefficient (Wildman–Crippen LogP) is 1.93. The smallest absolute Gasteiger partial charge is 0.242 e. The van der Waals surface area contributed by atoms with Crippen molar-refractivity contribution in [3.05, 3.63) is 41.3 Å². The topological polar surface area (TPSA) is 78.1 Å². The molecule has 2 N–H and O–H groups in total. The number of H-pyrrole nitrogens is 1. The van der Waals surface area contributed by atoms with E-state index in [-0.39, 0.29) is 18.2 Å². The van der Waals surface area contributed by atoms with Crippen molar-refractivity contribution in [3.8, 4) is 0 Å². The Hall–Kier alpha value is -2.70. The van der Waals surface area contributed by atoms with Crippen molar-refractivity contribution in [2.75, 3.05) is 16.8 Å². The number of halogens is 1. The summed E-state index contributed by atoms with van der Waals surface area (Å²) in [5.74, 6) is -0.505. The summed E-state index contributed by atoms with van der Waals surface area (Å²) in [7, 11) is 0. The van der Waals surface area contributed by atoms with Crippen molar-refractivity contribution in [1.29, 1.82) is 0 Å². The van der Waals surface area contributed by atoms with Crippen LogP contribution in [0, 0.1) is 5.82 Å². The molecule has 2 amide bonds. The third-order valence-electron chi connectivity index (χ3n) is 4.56. The molecule has 0 unspecified atom stereocenters. The Morgan fingerprint density at radius 2 is 2.17 bits per heavy atom. The van der Waals surface area contributed by atoms with E-state index in [0.29, 0.717) is 29.2 Å². The lowest BCUT2D eigenvalue weighted by Gasteiger charge is -2.31. The van der Waals surface area contributed by atoms with Gasteiger partial charge in [-0.05, 0) is 30.2 Å². The van der Waals surface area contributed by atoms with Crippen molar-refractivity contribution in [2.45, 2.75) is 25.2 Å². The monoisotopic (exact) mass is 314 g/mol. The minimum Gasteiger partial charge on any atom is -0.311 e. The molecule has 1 aromatic carbocycles. The van der Waals surface area contributed by atoms with Crippen molar-refractivity contribution in [3.63, 3.8) is 0 Å².